The summed E-state index contributed by atoms with van der Waals surface area (Å²) in [5, 5.41) is 5.57. The summed E-state index contributed by atoms with van der Waals surface area (Å²) in [7, 11) is 1.58. The van der Waals surface area contributed by atoms with Crippen molar-refractivity contribution in [3.8, 4) is 5.75 Å². The molecule has 3 amide bonds. The molecule has 0 spiro atoms. The molecule has 214 valence electrons. The van der Waals surface area contributed by atoms with E-state index in [1.807, 2.05) is 39.0 Å². The highest BCUT2D eigenvalue weighted by atomic mass is 16.6. The molecule has 0 aromatic heterocycles. The van der Waals surface area contributed by atoms with Crippen molar-refractivity contribution in [2.24, 2.45) is 5.92 Å². The van der Waals surface area contributed by atoms with Crippen LogP contribution in [0.15, 0.2) is 42.5 Å². The molecule has 0 saturated heterocycles. The van der Waals surface area contributed by atoms with Crippen LogP contribution in [0.5, 0.6) is 5.75 Å². The zero-order chi connectivity index (χ0) is 29.3. The van der Waals surface area contributed by atoms with Gasteiger partial charge in [-0.05, 0) is 101 Å². The summed E-state index contributed by atoms with van der Waals surface area (Å²) in [6.07, 6.45) is 0.897. The molecule has 0 bridgehead atoms. The quantitative estimate of drug-likeness (QED) is 0.356. The minimum Gasteiger partial charge on any atom is -0.497 e. The first-order chi connectivity index (χ1) is 18.2. The molecular weight excluding hydrogens is 494 g/mol. The molecule has 0 heterocycles. The molecule has 0 saturated carbocycles. The van der Waals surface area contributed by atoms with Gasteiger partial charge in [0.1, 0.15) is 23.9 Å². The minimum atomic E-state index is -0.914. The molecule has 2 N–H and O–H groups in total. The molecular formula is C31H45N3O5. The molecule has 2 unspecified atom stereocenters. The van der Waals surface area contributed by atoms with Gasteiger partial charge < -0.3 is 25.0 Å². The molecule has 8 nitrogen and oxygen atoms in total. The summed E-state index contributed by atoms with van der Waals surface area (Å²) in [4.78, 5) is 41.8. The van der Waals surface area contributed by atoms with Crippen LogP contribution >= 0.6 is 0 Å². The van der Waals surface area contributed by atoms with Crippen LogP contribution in [0.3, 0.4) is 0 Å². The van der Waals surface area contributed by atoms with Crippen LogP contribution in [0.25, 0.3) is 0 Å². The van der Waals surface area contributed by atoms with Crippen molar-refractivity contribution in [2.45, 2.75) is 85.9 Å². The van der Waals surface area contributed by atoms with Crippen molar-refractivity contribution >= 4 is 23.6 Å². The first kappa shape index (κ1) is 31.7. The predicted octanol–water partition coefficient (Wildman–Crippen LogP) is 6.17. The van der Waals surface area contributed by atoms with E-state index < -0.39 is 17.7 Å². The van der Waals surface area contributed by atoms with Gasteiger partial charge in [-0.2, -0.15) is 0 Å². The zero-order valence-corrected chi connectivity index (χ0v) is 24.9. The van der Waals surface area contributed by atoms with Gasteiger partial charge in [-0.15, -0.1) is 0 Å². The number of carbonyl (C=O) groups excluding carboxylic acids is 3. The number of nitrogens with one attached hydrogen (secondary N) is 2. The normalized spacial score (nSPS) is 12.9. The number of hydrogen-bond acceptors (Lipinski definition) is 5. The van der Waals surface area contributed by atoms with Crippen molar-refractivity contribution < 1.29 is 23.9 Å². The van der Waals surface area contributed by atoms with E-state index in [1.165, 1.54) is 0 Å². The summed E-state index contributed by atoms with van der Waals surface area (Å²) in [5.74, 6) is 0.400. The van der Waals surface area contributed by atoms with Gasteiger partial charge in [0.15, 0.2) is 0 Å². The number of aryl methyl sites for hydroxylation is 2. The number of anilines is 1. The lowest BCUT2D eigenvalue weighted by molar-refractivity contribution is -0.141. The monoisotopic (exact) mass is 539 g/mol. The minimum absolute atomic E-state index is 0.272. The number of rotatable bonds is 11. The number of nitrogens with zero attached hydrogens (tertiary/aromatic N) is 1. The second kappa shape index (κ2) is 14.0. The molecule has 0 aliphatic heterocycles. The van der Waals surface area contributed by atoms with Gasteiger partial charge in [0.2, 0.25) is 5.91 Å². The van der Waals surface area contributed by atoms with Crippen molar-refractivity contribution in [2.75, 3.05) is 19.0 Å². The Morgan fingerprint density at radius 2 is 1.51 bits per heavy atom. The molecule has 0 aliphatic rings. The van der Waals surface area contributed by atoms with E-state index in [1.54, 1.807) is 57.0 Å². The first-order valence-corrected chi connectivity index (χ1v) is 13.5. The number of benzene rings is 2. The highest BCUT2D eigenvalue weighted by Gasteiger charge is 2.36. The van der Waals surface area contributed by atoms with Gasteiger partial charge in [0.05, 0.1) is 7.11 Å². The Hall–Kier alpha value is -3.55. The van der Waals surface area contributed by atoms with Crippen LogP contribution in [-0.4, -0.2) is 48.1 Å². The van der Waals surface area contributed by atoms with Crippen molar-refractivity contribution in [3.05, 3.63) is 59.2 Å². The van der Waals surface area contributed by atoms with Gasteiger partial charge in [-0.1, -0.05) is 32.0 Å². The maximum atomic E-state index is 14.0. The topological polar surface area (TPSA) is 97.0 Å². The van der Waals surface area contributed by atoms with Gasteiger partial charge in [0, 0.05) is 11.7 Å². The fourth-order valence-electron chi connectivity index (χ4n) is 4.45. The third-order valence-corrected chi connectivity index (χ3v) is 6.41. The van der Waals surface area contributed by atoms with Crippen LogP contribution < -0.4 is 15.4 Å². The van der Waals surface area contributed by atoms with E-state index in [-0.39, 0.29) is 24.4 Å². The van der Waals surface area contributed by atoms with E-state index in [0.717, 1.165) is 23.1 Å². The van der Waals surface area contributed by atoms with Gasteiger partial charge in [-0.25, -0.2) is 4.79 Å². The second-order valence-corrected chi connectivity index (χ2v) is 11.4. The fourth-order valence-corrected chi connectivity index (χ4v) is 4.45. The number of carbonyl (C=O) groups is 3. The summed E-state index contributed by atoms with van der Waals surface area (Å²) in [6.45, 7) is 15.1. The summed E-state index contributed by atoms with van der Waals surface area (Å²) < 4.78 is 10.6. The van der Waals surface area contributed by atoms with E-state index in [2.05, 4.69) is 24.5 Å². The Labute approximate surface area is 233 Å². The molecule has 39 heavy (non-hydrogen) atoms. The van der Waals surface area contributed by atoms with Crippen LogP contribution in [0, 0.1) is 19.8 Å². The number of alkyl carbamates (subject to hydrolysis) is 1. The lowest BCUT2D eigenvalue weighted by atomic mass is 9.92. The predicted molar refractivity (Wildman–Crippen MR) is 155 cm³/mol. The summed E-state index contributed by atoms with van der Waals surface area (Å²) >= 11 is 0. The zero-order valence-electron chi connectivity index (χ0n) is 24.9. The molecule has 2 aromatic rings. The molecule has 0 aliphatic carbocycles. The fraction of sp³-hybridized carbons (Fsp3) is 0.516. The molecule has 8 heteroatoms. The Balaban J connectivity index is 2.51. The lowest BCUT2D eigenvalue weighted by Gasteiger charge is -2.38. The number of ether oxygens (including phenoxy) is 2. The SMILES string of the molecule is COc1ccc(NC(=O)C(c2c(C)cccc2C)N(C(=O)CNC(=O)OC(C)(C)C)C(C)CCC(C)C)cc1. The molecule has 2 atom stereocenters. The Morgan fingerprint density at radius 1 is 0.923 bits per heavy atom. The van der Waals surface area contributed by atoms with E-state index in [4.69, 9.17) is 9.47 Å². The lowest BCUT2D eigenvalue weighted by Crippen LogP contribution is -2.50. The Bertz CT molecular complexity index is 1100. The highest BCUT2D eigenvalue weighted by Crippen LogP contribution is 2.32. The molecule has 0 radical (unpaired) electrons. The van der Waals surface area contributed by atoms with E-state index >= 15 is 0 Å². The van der Waals surface area contributed by atoms with Gasteiger partial charge in [0.25, 0.3) is 5.91 Å². The number of methoxy groups -OCH3 is 1. The highest BCUT2D eigenvalue weighted by molar-refractivity contribution is 5.99. The van der Waals surface area contributed by atoms with Crippen molar-refractivity contribution in [3.63, 3.8) is 0 Å². The third-order valence-electron chi connectivity index (χ3n) is 6.41. The van der Waals surface area contributed by atoms with Crippen LogP contribution in [-0.2, 0) is 14.3 Å². The largest absolute Gasteiger partial charge is 0.497 e. The first-order valence-electron chi connectivity index (χ1n) is 13.5. The number of amides is 3. The Morgan fingerprint density at radius 3 is 2.03 bits per heavy atom. The van der Waals surface area contributed by atoms with Crippen molar-refractivity contribution in [1.82, 2.24) is 10.2 Å². The average Bonchev–Trinajstić information content (AvgIpc) is 2.84. The van der Waals surface area contributed by atoms with E-state index in [9.17, 15) is 14.4 Å². The van der Waals surface area contributed by atoms with Crippen molar-refractivity contribution in [1.29, 1.82) is 0 Å². The average molecular weight is 540 g/mol. The Kier molecular flexibility index (Phi) is 11.4. The van der Waals surface area contributed by atoms with Crippen LogP contribution in [0.2, 0.25) is 0 Å². The molecule has 0 fully saturated rings. The molecule has 2 aromatic carbocycles. The standard InChI is InChI=1S/C31H45N3O5/c1-20(2)13-14-23(5)34(26(35)19-32-30(37)39-31(6,7)8)28(27-21(3)11-10-12-22(27)4)29(36)33-24-15-17-25(38-9)18-16-24/h10-12,15-18,20,23,28H,13-14,19H2,1-9H3,(H,32,37)(H,33,36). The summed E-state index contributed by atoms with van der Waals surface area (Å²) in [6, 6.07) is 11.7. The molecule has 2 rings (SSSR count). The second-order valence-electron chi connectivity index (χ2n) is 11.4. The maximum absolute atomic E-state index is 14.0. The van der Waals surface area contributed by atoms with Gasteiger partial charge >= 0.3 is 6.09 Å². The smallest absolute Gasteiger partial charge is 0.408 e. The third kappa shape index (κ3) is 9.61. The summed E-state index contributed by atoms with van der Waals surface area (Å²) in [5.41, 5.74) is 2.46. The van der Waals surface area contributed by atoms with E-state index in [0.29, 0.717) is 23.8 Å². The van der Waals surface area contributed by atoms with Gasteiger partial charge in [-0.3, -0.25) is 9.59 Å². The maximum Gasteiger partial charge on any atom is 0.408 e. The number of hydrogen-bond donors (Lipinski definition) is 2. The van der Waals surface area contributed by atoms with Crippen LogP contribution in [0.4, 0.5) is 10.5 Å². The van der Waals surface area contributed by atoms with Crippen LogP contribution in [0.1, 0.15) is 77.1 Å².